The van der Waals surface area contributed by atoms with Crippen molar-refractivity contribution < 1.29 is 19.1 Å². The molecule has 1 unspecified atom stereocenters. The van der Waals surface area contributed by atoms with E-state index in [1.807, 2.05) is 7.11 Å². The fraction of sp³-hybridized carbons (Fsp3) is 0.958. The van der Waals surface area contributed by atoms with E-state index >= 15 is 0 Å². The molecule has 0 aliphatic heterocycles. The van der Waals surface area contributed by atoms with E-state index in [1.165, 1.54) is 173 Å². The van der Waals surface area contributed by atoms with Gasteiger partial charge in [-0.05, 0) is 90.4 Å². The lowest BCUT2D eigenvalue weighted by atomic mass is 10.0. The van der Waals surface area contributed by atoms with Crippen LogP contribution in [0.1, 0.15) is 252 Å². The van der Waals surface area contributed by atoms with Crippen molar-refractivity contribution in [1.29, 1.82) is 0 Å². The number of aldehydes is 1. The third-order valence-corrected chi connectivity index (χ3v) is 11.1. The summed E-state index contributed by atoms with van der Waals surface area (Å²) in [4.78, 5) is 25.2. The van der Waals surface area contributed by atoms with Crippen molar-refractivity contribution in [1.82, 2.24) is 4.90 Å². The second-order valence-electron chi connectivity index (χ2n) is 16.3. The molecule has 54 heavy (non-hydrogen) atoms. The second kappa shape index (κ2) is 48.2. The van der Waals surface area contributed by atoms with Crippen molar-refractivity contribution in [3.05, 3.63) is 0 Å². The van der Waals surface area contributed by atoms with Crippen LogP contribution in [0.2, 0.25) is 0 Å². The van der Waals surface area contributed by atoms with Crippen LogP contribution >= 0.6 is 0 Å². The number of esters is 1. The molecule has 0 fully saturated rings. The van der Waals surface area contributed by atoms with Crippen LogP contribution in [0.3, 0.4) is 0 Å². The molecule has 0 amide bonds. The summed E-state index contributed by atoms with van der Waals surface area (Å²) in [6.07, 6.45) is 44.6. The van der Waals surface area contributed by atoms with Gasteiger partial charge in [0.25, 0.3) is 0 Å². The number of methoxy groups -OCH3 is 1. The van der Waals surface area contributed by atoms with Crippen molar-refractivity contribution in [2.75, 3.05) is 33.3 Å². The minimum Gasteiger partial charge on any atom is -0.462 e. The lowest BCUT2D eigenvalue weighted by Crippen LogP contribution is -2.28. The summed E-state index contributed by atoms with van der Waals surface area (Å²) < 4.78 is 11.3. The first-order valence-electron chi connectivity index (χ1n) is 24.1. The van der Waals surface area contributed by atoms with Crippen LogP contribution in [-0.2, 0) is 19.1 Å². The summed E-state index contributed by atoms with van der Waals surface area (Å²) in [5.41, 5.74) is 5.73. The molecule has 0 aliphatic carbocycles. The number of nitrogens with two attached hydrogens (primary N) is 1. The standard InChI is InChI=1S/C30H60N2O3.C18H38O/c1-3-5-6-7-11-16-22-29(4-2)35-30(34)23-17-12-10-14-19-26-32(27-21-24-31)25-18-13-8-9-15-20-28-33;1-4-6-8-10-12-14-16-18(19-3)17-15-13-11-9-7-5-2/h28-29H,3-27,31H2,1-2H3;18H,4-17H2,1-3H3. The molecule has 324 valence electrons. The van der Waals surface area contributed by atoms with Gasteiger partial charge in [0.15, 0.2) is 0 Å². The van der Waals surface area contributed by atoms with Gasteiger partial charge in [-0.15, -0.1) is 0 Å². The van der Waals surface area contributed by atoms with Gasteiger partial charge in [-0.25, -0.2) is 0 Å². The molecule has 0 rings (SSSR count). The number of hydrogen-bond donors (Lipinski definition) is 1. The van der Waals surface area contributed by atoms with Crippen molar-refractivity contribution in [2.45, 2.75) is 265 Å². The molecule has 0 radical (unpaired) electrons. The Bertz CT molecular complexity index is 705. The van der Waals surface area contributed by atoms with E-state index in [-0.39, 0.29) is 12.1 Å². The lowest BCUT2D eigenvalue weighted by Gasteiger charge is -2.22. The molecule has 0 saturated heterocycles. The Balaban J connectivity index is 0. The van der Waals surface area contributed by atoms with Gasteiger partial charge < -0.3 is 24.9 Å². The summed E-state index contributed by atoms with van der Waals surface area (Å²) in [5.74, 6) is 0.00181. The van der Waals surface area contributed by atoms with Crippen molar-refractivity contribution in [3.63, 3.8) is 0 Å². The topological polar surface area (TPSA) is 81.9 Å². The molecular weight excluding hydrogens is 669 g/mol. The van der Waals surface area contributed by atoms with E-state index in [0.29, 0.717) is 18.9 Å². The SMILES string of the molecule is CCCCCCCCC(CC)OC(=O)CCCCCCCN(CCCN)CCCCCCCC=O.CCCCCCCCC(CCCCCCCC)OC. The van der Waals surface area contributed by atoms with Crippen LogP contribution in [-0.4, -0.2) is 62.7 Å². The van der Waals surface area contributed by atoms with E-state index in [0.717, 1.165) is 71.0 Å². The zero-order chi connectivity index (χ0) is 40.0. The molecule has 0 aromatic rings. The van der Waals surface area contributed by atoms with Crippen molar-refractivity contribution in [3.8, 4) is 0 Å². The molecule has 0 aromatic heterocycles. The zero-order valence-electron chi connectivity index (χ0n) is 37.5. The van der Waals surface area contributed by atoms with Gasteiger partial charge in [0, 0.05) is 20.0 Å². The Morgan fingerprint density at radius 3 is 1.33 bits per heavy atom. The van der Waals surface area contributed by atoms with Crippen molar-refractivity contribution >= 4 is 12.3 Å². The molecule has 0 aliphatic rings. The second-order valence-corrected chi connectivity index (χ2v) is 16.3. The molecule has 0 bridgehead atoms. The Kier molecular flexibility index (Phi) is 49.2. The van der Waals surface area contributed by atoms with Gasteiger partial charge in [-0.3, -0.25) is 4.79 Å². The third kappa shape index (κ3) is 43.7. The van der Waals surface area contributed by atoms with Gasteiger partial charge in [0.05, 0.1) is 6.10 Å². The summed E-state index contributed by atoms with van der Waals surface area (Å²) in [6, 6.07) is 0. The number of ether oxygens (including phenoxy) is 2. The Morgan fingerprint density at radius 1 is 0.519 bits per heavy atom. The van der Waals surface area contributed by atoms with Gasteiger partial charge in [0.2, 0.25) is 0 Å². The fourth-order valence-electron chi connectivity index (χ4n) is 7.31. The van der Waals surface area contributed by atoms with Crippen LogP contribution < -0.4 is 5.73 Å². The minimum atomic E-state index is 0.00181. The van der Waals surface area contributed by atoms with Crippen molar-refractivity contribution in [2.24, 2.45) is 5.73 Å². The van der Waals surface area contributed by atoms with E-state index in [4.69, 9.17) is 15.2 Å². The average molecular weight is 767 g/mol. The van der Waals surface area contributed by atoms with Gasteiger partial charge in [-0.1, -0.05) is 175 Å². The smallest absolute Gasteiger partial charge is 0.306 e. The lowest BCUT2D eigenvalue weighted by molar-refractivity contribution is -0.149. The average Bonchev–Trinajstić information content (AvgIpc) is 3.18. The molecular formula is C48H98N2O4. The molecule has 6 nitrogen and oxygen atoms in total. The largest absolute Gasteiger partial charge is 0.462 e. The monoisotopic (exact) mass is 767 g/mol. The van der Waals surface area contributed by atoms with Crippen LogP contribution in [0.25, 0.3) is 0 Å². The van der Waals surface area contributed by atoms with Gasteiger partial charge in [-0.2, -0.15) is 0 Å². The van der Waals surface area contributed by atoms with Gasteiger partial charge in [0.1, 0.15) is 12.4 Å². The third-order valence-electron chi connectivity index (χ3n) is 11.1. The van der Waals surface area contributed by atoms with E-state index in [9.17, 15) is 9.59 Å². The normalized spacial score (nSPS) is 11.9. The number of carbonyl (C=O) groups excluding carboxylic acids is 2. The molecule has 1 atom stereocenters. The van der Waals surface area contributed by atoms with Crippen LogP contribution in [0.5, 0.6) is 0 Å². The molecule has 0 heterocycles. The van der Waals surface area contributed by atoms with E-state index < -0.39 is 0 Å². The highest BCUT2D eigenvalue weighted by Gasteiger charge is 2.12. The molecule has 6 heteroatoms. The first-order chi connectivity index (χ1) is 26.5. The molecule has 0 aromatic carbocycles. The zero-order valence-corrected chi connectivity index (χ0v) is 37.5. The summed E-state index contributed by atoms with van der Waals surface area (Å²) in [7, 11) is 1.89. The summed E-state index contributed by atoms with van der Waals surface area (Å²) in [5, 5.41) is 0. The Morgan fingerprint density at radius 2 is 0.907 bits per heavy atom. The fourth-order valence-corrected chi connectivity index (χ4v) is 7.31. The number of rotatable bonds is 43. The maximum atomic E-state index is 12.2. The summed E-state index contributed by atoms with van der Waals surface area (Å²) in [6.45, 7) is 13.1. The predicted molar refractivity (Wildman–Crippen MR) is 237 cm³/mol. The molecule has 0 saturated carbocycles. The Labute approximate surface area is 339 Å². The number of unbranched alkanes of at least 4 members (excludes halogenated alkanes) is 24. The highest BCUT2D eigenvalue weighted by Crippen LogP contribution is 2.17. The first-order valence-corrected chi connectivity index (χ1v) is 24.1. The Hall–Kier alpha value is -0.980. The highest BCUT2D eigenvalue weighted by molar-refractivity contribution is 5.69. The number of nitrogens with zero attached hydrogens (tertiary/aromatic N) is 1. The van der Waals surface area contributed by atoms with Gasteiger partial charge >= 0.3 is 5.97 Å². The maximum absolute atomic E-state index is 12.2. The molecule has 0 spiro atoms. The highest BCUT2D eigenvalue weighted by atomic mass is 16.5. The number of carbonyl (C=O) groups is 2. The minimum absolute atomic E-state index is 0.00181. The quantitative estimate of drug-likeness (QED) is 0.0378. The van der Waals surface area contributed by atoms with Crippen LogP contribution in [0.4, 0.5) is 0 Å². The number of hydrogen-bond acceptors (Lipinski definition) is 6. The predicted octanol–water partition coefficient (Wildman–Crippen LogP) is 14.1. The maximum Gasteiger partial charge on any atom is 0.306 e. The van der Waals surface area contributed by atoms with Crippen LogP contribution in [0.15, 0.2) is 0 Å². The summed E-state index contributed by atoms with van der Waals surface area (Å²) >= 11 is 0. The van der Waals surface area contributed by atoms with E-state index in [1.54, 1.807) is 0 Å². The van der Waals surface area contributed by atoms with E-state index in [2.05, 4.69) is 32.6 Å². The first kappa shape index (κ1) is 55.1. The van der Waals surface area contributed by atoms with Crippen LogP contribution in [0, 0.1) is 0 Å². The molecule has 2 N–H and O–H groups in total.